The van der Waals surface area contributed by atoms with Crippen molar-refractivity contribution < 1.29 is 23.5 Å². The van der Waals surface area contributed by atoms with Gasteiger partial charge in [0.05, 0.1) is 24.7 Å². The molecule has 130 valence electrons. The zero-order valence-corrected chi connectivity index (χ0v) is 15.7. The van der Waals surface area contributed by atoms with Crippen LogP contribution in [0.15, 0.2) is 37.5 Å². The fourth-order valence-corrected chi connectivity index (χ4v) is 3.17. The van der Waals surface area contributed by atoms with Crippen LogP contribution < -0.4 is 0 Å². The van der Waals surface area contributed by atoms with Crippen LogP contribution in [0.5, 0.6) is 0 Å². The van der Waals surface area contributed by atoms with Crippen LogP contribution in [0.4, 0.5) is 0 Å². The highest BCUT2D eigenvalue weighted by molar-refractivity contribution is 9.10. The number of aliphatic imine (C=N–C) groups is 1. The molecule has 0 radical (unpaired) electrons. The normalized spacial score (nSPS) is 20.6. The Bertz CT molecular complexity index is 704. The summed E-state index contributed by atoms with van der Waals surface area (Å²) in [7, 11) is 0. The van der Waals surface area contributed by atoms with Crippen molar-refractivity contribution >= 4 is 33.6 Å². The molecule has 2 atom stereocenters. The molecular formula is C17H20BrNO5. The Morgan fingerprint density at radius 1 is 1.21 bits per heavy atom. The van der Waals surface area contributed by atoms with Gasteiger partial charge in [-0.25, -0.2) is 4.79 Å². The Labute approximate surface area is 149 Å². The van der Waals surface area contributed by atoms with Crippen LogP contribution in [-0.2, 0) is 19.1 Å². The number of carbonyl (C=O) groups excluding carboxylic acids is 2. The lowest BCUT2D eigenvalue weighted by atomic mass is 9.78. The van der Waals surface area contributed by atoms with E-state index in [-0.39, 0.29) is 13.2 Å². The van der Waals surface area contributed by atoms with Crippen LogP contribution in [0, 0.1) is 5.92 Å². The van der Waals surface area contributed by atoms with Crippen LogP contribution >= 0.6 is 15.9 Å². The number of halogens is 1. The largest absolute Gasteiger partial charge is 0.465 e. The molecule has 7 heteroatoms. The number of hydrogen-bond donors (Lipinski definition) is 0. The summed E-state index contributed by atoms with van der Waals surface area (Å²) in [6, 6.07) is 3.45. The number of hydrogen-bond acceptors (Lipinski definition) is 6. The van der Waals surface area contributed by atoms with Gasteiger partial charge >= 0.3 is 11.9 Å². The van der Waals surface area contributed by atoms with E-state index in [9.17, 15) is 9.59 Å². The van der Waals surface area contributed by atoms with E-state index >= 15 is 0 Å². The molecule has 24 heavy (non-hydrogen) atoms. The van der Waals surface area contributed by atoms with Gasteiger partial charge in [0.25, 0.3) is 0 Å². The molecule has 0 amide bonds. The van der Waals surface area contributed by atoms with Crippen LogP contribution in [0.2, 0.25) is 0 Å². The van der Waals surface area contributed by atoms with E-state index in [2.05, 4.69) is 20.9 Å². The molecule has 0 saturated carbocycles. The summed E-state index contributed by atoms with van der Waals surface area (Å²) >= 11 is 3.26. The fraction of sp³-hybridized carbons (Fsp3) is 0.471. The lowest BCUT2D eigenvalue weighted by molar-refractivity contribution is -0.146. The maximum atomic E-state index is 12.5. The van der Waals surface area contributed by atoms with Gasteiger partial charge in [-0.1, -0.05) is 0 Å². The van der Waals surface area contributed by atoms with Gasteiger partial charge in [0.1, 0.15) is 11.7 Å². The average Bonchev–Trinajstić information content (AvgIpc) is 2.93. The van der Waals surface area contributed by atoms with E-state index < -0.39 is 23.8 Å². The zero-order valence-electron chi connectivity index (χ0n) is 14.1. The van der Waals surface area contributed by atoms with Gasteiger partial charge in [-0.2, -0.15) is 0 Å². The molecule has 0 fully saturated rings. The first-order valence-electron chi connectivity index (χ1n) is 7.75. The van der Waals surface area contributed by atoms with Gasteiger partial charge in [-0.3, -0.25) is 9.79 Å². The van der Waals surface area contributed by atoms with Crippen molar-refractivity contribution in [2.45, 2.75) is 33.6 Å². The number of carbonyl (C=O) groups is 2. The van der Waals surface area contributed by atoms with E-state index in [1.807, 2.05) is 0 Å². The summed E-state index contributed by atoms with van der Waals surface area (Å²) in [6.07, 6.45) is 0. The van der Waals surface area contributed by atoms with Crippen molar-refractivity contribution in [3.8, 4) is 0 Å². The summed E-state index contributed by atoms with van der Waals surface area (Å²) in [6.45, 7) is 7.41. The molecular weight excluding hydrogens is 378 g/mol. The van der Waals surface area contributed by atoms with E-state index in [0.29, 0.717) is 27.4 Å². The van der Waals surface area contributed by atoms with Crippen LogP contribution in [-0.4, -0.2) is 30.9 Å². The van der Waals surface area contributed by atoms with Gasteiger partial charge in [0, 0.05) is 11.4 Å². The van der Waals surface area contributed by atoms with Crippen molar-refractivity contribution in [3.63, 3.8) is 0 Å². The summed E-state index contributed by atoms with van der Waals surface area (Å²) in [5.41, 5.74) is 1.42. The third-order valence-corrected chi connectivity index (χ3v) is 4.19. The molecule has 0 spiro atoms. The molecule has 1 aliphatic rings. The van der Waals surface area contributed by atoms with Crippen LogP contribution in [0.3, 0.4) is 0 Å². The highest BCUT2D eigenvalue weighted by Crippen LogP contribution is 2.41. The smallest absolute Gasteiger partial charge is 0.336 e. The Morgan fingerprint density at radius 3 is 2.42 bits per heavy atom. The molecule has 1 aromatic rings. The van der Waals surface area contributed by atoms with Crippen molar-refractivity contribution in [3.05, 3.63) is 33.8 Å². The lowest BCUT2D eigenvalue weighted by Gasteiger charge is -2.29. The first-order chi connectivity index (χ1) is 11.4. The predicted molar refractivity (Wildman–Crippen MR) is 91.7 cm³/mol. The quantitative estimate of drug-likeness (QED) is 0.708. The van der Waals surface area contributed by atoms with Gasteiger partial charge in [0.2, 0.25) is 0 Å². The molecule has 0 N–H and O–H groups in total. The summed E-state index contributed by atoms with van der Waals surface area (Å²) in [5, 5.41) is 0. The molecule has 2 heterocycles. The fourth-order valence-electron chi connectivity index (χ4n) is 2.85. The molecule has 0 aromatic carbocycles. The lowest BCUT2D eigenvalue weighted by Crippen LogP contribution is -2.36. The Kier molecular flexibility index (Phi) is 5.99. The third-order valence-electron chi connectivity index (χ3n) is 3.76. The van der Waals surface area contributed by atoms with Crippen molar-refractivity contribution in [1.82, 2.24) is 0 Å². The summed E-state index contributed by atoms with van der Waals surface area (Å²) in [5.74, 6) is -1.82. The number of ether oxygens (including phenoxy) is 2. The number of rotatable bonds is 5. The molecule has 6 nitrogen and oxygen atoms in total. The molecule has 0 bridgehead atoms. The van der Waals surface area contributed by atoms with Crippen molar-refractivity contribution in [2.24, 2.45) is 10.9 Å². The molecule has 1 aromatic heterocycles. The first kappa shape index (κ1) is 18.4. The highest BCUT2D eigenvalue weighted by Gasteiger charge is 2.44. The van der Waals surface area contributed by atoms with Gasteiger partial charge in [-0.15, -0.1) is 0 Å². The van der Waals surface area contributed by atoms with E-state index in [1.165, 1.54) is 0 Å². The Hall–Kier alpha value is -1.89. The number of allylic oxidation sites excluding steroid dienone is 1. The summed E-state index contributed by atoms with van der Waals surface area (Å²) < 4.78 is 16.5. The SMILES string of the molecule is CCOC(=O)C1=C(C)N=C(C)C(C(=O)OCC)[C@@H]1c1ccc(Br)o1. The number of furan rings is 1. The van der Waals surface area contributed by atoms with Crippen molar-refractivity contribution in [2.75, 3.05) is 13.2 Å². The number of nitrogens with zero attached hydrogens (tertiary/aromatic N) is 1. The zero-order chi connectivity index (χ0) is 17.9. The van der Waals surface area contributed by atoms with E-state index in [0.717, 1.165) is 0 Å². The summed E-state index contributed by atoms with van der Waals surface area (Å²) in [4.78, 5) is 29.4. The maximum absolute atomic E-state index is 12.5. The molecule has 0 saturated heterocycles. The highest BCUT2D eigenvalue weighted by atomic mass is 79.9. The number of esters is 2. The Morgan fingerprint density at radius 2 is 1.88 bits per heavy atom. The second-order valence-corrected chi connectivity index (χ2v) is 6.10. The minimum Gasteiger partial charge on any atom is -0.465 e. The van der Waals surface area contributed by atoms with Crippen LogP contribution in [0.1, 0.15) is 39.4 Å². The van der Waals surface area contributed by atoms with Crippen LogP contribution in [0.25, 0.3) is 0 Å². The molecule has 2 rings (SSSR count). The monoisotopic (exact) mass is 397 g/mol. The van der Waals surface area contributed by atoms with Gasteiger partial charge in [0.15, 0.2) is 4.67 Å². The second kappa shape index (κ2) is 7.79. The van der Waals surface area contributed by atoms with Crippen molar-refractivity contribution in [1.29, 1.82) is 0 Å². The molecule has 1 aliphatic heterocycles. The Balaban J connectivity index is 2.58. The third kappa shape index (κ3) is 3.61. The topological polar surface area (TPSA) is 78.1 Å². The minimum atomic E-state index is -0.730. The van der Waals surface area contributed by atoms with Gasteiger partial charge in [-0.05, 0) is 55.8 Å². The first-order valence-corrected chi connectivity index (χ1v) is 8.54. The van der Waals surface area contributed by atoms with Gasteiger partial charge < -0.3 is 13.9 Å². The molecule has 0 aliphatic carbocycles. The molecule has 1 unspecified atom stereocenters. The van der Waals surface area contributed by atoms with E-state index in [1.54, 1.807) is 39.8 Å². The predicted octanol–water partition coefficient (Wildman–Crippen LogP) is 3.62. The maximum Gasteiger partial charge on any atom is 0.336 e. The minimum absolute atomic E-state index is 0.233. The average molecular weight is 398 g/mol. The standard InChI is InChI=1S/C17H20BrNO5/c1-5-22-16(20)13-9(3)19-10(4)14(17(21)23-6-2)15(13)11-7-8-12(18)24-11/h7-8,13,15H,5-6H2,1-4H3/t13?,15-/m0/s1. The second-order valence-electron chi connectivity index (χ2n) is 5.32. The van der Waals surface area contributed by atoms with E-state index in [4.69, 9.17) is 13.9 Å².